The topological polar surface area (TPSA) is 157 Å². The third-order valence-corrected chi connectivity index (χ3v) is 10.4. The number of nitrogens with one attached hydrogen (secondary N) is 2. The smallest absolute Gasteiger partial charge is 0.417 e. The summed E-state index contributed by atoms with van der Waals surface area (Å²) in [6.07, 6.45) is 14.9. The van der Waals surface area contributed by atoms with Crippen molar-refractivity contribution in [3.8, 4) is 0 Å². The van der Waals surface area contributed by atoms with Crippen LogP contribution in [0.2, 0.25) is 0 Å². The molecule has 5 amide bonds. The van der Waals surface area contributed by atoms with Crippen LogP contribution in [0.25, 0.3) is 0 Å². The molecule has 244 valence electrons. The predicted molar refractivity (Wildman–Crippen MR) is 164 cm³/mol. The number of nitrogens with two attached hydrogens (primary N) is 1. The second-order valence-electron chi connectivity index (χ2n) is 15.7. The summed E-state index contributed by atoms with van der Waals surface area (Å²) in [4.78, 5) is 59.4. The van der Waals surface area contributed by atoms with Gasteiger partial charge in [0.2, 0.25) is 17.7 Å². The maximum absolute atomic E-state index is 12.0. The number of nitrogens with zero attached hydrogens (tertiary/aromatic N) is 1. The Bertz CT molecular complexity index is 1370. The van der Waals surface area contributed by atoms with Crippen molar-refractivity contribution in [2.45, 2.75) is 90.1 Å². The summed E-state index contributed by atoms with van der Waals surface area (Å²) < 4.78 is 10.5. The number of ether oxygens (including phenoxy) is 2. The van der Waals surface area contributed by atoms with Crippen molar-refractivity contribution < 1.29 is 33.4 Å². The highest BCUT2D eigenvalue weighted by molar-refractivity contribution is 6.00. The minimum Gasteiger partial charge on any atom is -0.444 e. The predicted octanol–water partition coefficient (Wildman–Crippen LogP) is 3.45. The standard InChI is InChI=1S/C13H20N2O3.C13H17NO3.C8H9NO/c1-13(2,3)18-12(17)15-10-8-5-4-7(6-8)9(10)11(14)16;1-13(2,3)17-12(16)14-10-8-5-4-7(6-8)9(10)11(14)15;10-8-6-4-1-2-5(3-4)7(6)9-8/h4-5,7-10H,6H2,1-3H3,(H2,14,16)(H,15,17);4-5,7-10H,6H2,1-3H3;1-2,4-7H,3H2,(H,9,10)/t7-,8+,9+,10-;7-,8+,9+,10+;4-,5+,6+,7-/m111/s1. The van der Waals surface area contributed by atoms with Gasteiger partial charge in [-0.15, -0.1) is 0 Å². The number of imide groups is 1. The van der Waals surface area contributed by atoms with Gasteiger partial charge >= 0.3 is 12.2 Å². The summed E-state index contributed by atoms with van der Waals surface area (Å²) in [6, 6.07) is 0.349. The average molecular weight is 623 g/mol. The van der Waals surface area contributed by atoms with E-state index in [1.165, 1.54) is 11.3 Å². The number of primary amides is 1. The molecule has 6 bridgehead atoms. The SMILES string of the molecule is CC(C)(C)OC(=O)N1C(=O)[C@@H]2[C@@H]1[C@H]1C=C[C@@H]2C1.CC(C)(C)OC(=O)N[C@H]1[C@@H](C(N)=O)[C@@H]2C=C[C@H]1C2.O=C1N[C@H]2[C@@H]1[C@@H]1C=C[C@H]2C1. The molecule has 0 aromatic rings. The fourth-order valence-corrected chi connectivity index (χ4v) is 8.62. The Morgan fingerprint density at radius 3 is 1.89 bits per heavy atom. The quantitative estimate of drug-likeness (QED) is 0.315. The van der Waals surface area contributed by atoms with Crippen molar-refractivity contribution in [1.29, 1.82) is 0 Å². The zero-order chi connectivity index (χ0) is 32.6. The van der Waals surface area contributed by atoms with E-state index in [2.05, 4.69) is 34.9 Å². The number of alkyl carbamates (subject to hydrolysis) is 1. The second-order valence-corrected chi connectivity index (χ2v) is 15.7. The monoisotopic (exact) mass is 622 g/mol. The summed E-state index contributed by atoms with van der Waals surface area (Å²) in [5, 5.41) is 5.73. The molecule has 2 heterocycles. The van der Waals surface area contributed by atoms with Gasteiger partial charge in [0, 0.05) is 6.04 Å². The van der Waals surface area contributed by atoms with Crippen molar-refractivity contribution in [1.82, 2.24) is 15.5 Å². The molecule has 5 fully saturated rings. The molecule has 12 atom stereocenters. The lowest BCUT2D eigenvalue weighted by molar-refractivity contribution is -0.154. The highest BCUT2D eigenvalue weighted by Gasteiger charge is 2.63. The van der Waals surface area contributed by atoms with Crippen LogP contribution in [-0.4, -0.2) is 64.1 Å². The van der Waals surface area contributed by atoms with Gasteiger partial charge in [0.05, 0.1) is 29.8 Å². The molecule has 2 aliphatic heterocycles. The third-order valence-electron chi connectivity index (χ3n) is 10.4. The number of likely N-dealkylation sites (tertiary alicyclic amines) is 1. The van der Waals surface area contributed by atoms with E-state index in [9.17, 15) is 24.0 Å². The molecule has 45 heavy (non-hydrogen) atoms. The van der Waals surface area contributed by atoms with Crippen LogP contribution in [0.5, 0.6) is 0 Å². The molecule has 0 spiro atoms. The van der Waals surface area contributed by atoms with Gasteiger partial charge in [0.1, 0.15) is 11.2 Å². The largest absolute Gasteiger partial charge is 0.444 e. The molecule has 2 saturated heterocycles. The van der Waals surface area contributed by atoms with Crippen molar-refractivity contribution in [3.05, 3.63) is 36.5 Å². The molecule has 0 aromatic heterocycles. The van der Waals surface area contributed by atoms with E-state index in [1.807, 2.05) is 32.9 Å². The highest BCUT2D eigenvalue weighted by atomic mass is 16.6. The summed E-state index contributed by atoms with van der Waals surface area (Å²) in [6.45, 7) is 10.9. The number of fused-ring (bicyclic) bond motifs is 12. The molecule has 0 aromatic carbocycles. The van der Waals surface area contributed by atoms with Crippen molar-refractivity contribution >= 4 is 29.9 Å². The second kappa shape index (κ2) is 11.0. The van der Waals surface area contributed by atoms with Gasteiger partial charge in [-0.05, 0) is 96.3 Å². The van der Waals surface area contributed by atoms with Gasteiger partial charge in [-0.3, -0.25) is 14.4 Å². The molecule has 8 rings (SSSR count). The van der Waals surface area contributed by atoms with Crippen molar-refractivity contribution in [2.75, 3.05) is 0 Å². The Balaban J connectivity index is 0.000000123. The molecule has 4 N–H and O–H groups in total. The van der Waals surface area contributed by atoms with Gasteiger partial charge in [-0.1, -0.05) is 36.5 Å². The molecule has 8 aliphatic rings. The number of β-lactam (4-membered cyclic amide) rings is 2. The summed E-state index contributed by atoms with van der Waals surface area (Å²) >= 11 is 0. The molecule has 0 radical (unpaired) electrons. The van der Waals surface area contributed by atoms with Crippen molar-refractivity contribution in [2.24, 2.45) is 59.0 Å². The first-order valence-corrected chi connectivity index (χ1v) is 16.2. The first-order chi connectivity index (χ1) is 21.0. The van der Waals surface area contributed by atoms with Gasteiger partial charge in [-0.25, -0.2) is 14.5 Å². The summed E-state index contributed by atoms with van der Waals surface area (Å²) in [5.41, 5.74) is 4.33. The maximum Gasteiger partial charge on any atom is 0.417 e. The van der Waals surface area contributed by atoms with Crippen LogP contribution < -0.4 is 16.4 Å². The Morgan fingerprint density at radius 1 is 0.778 bits per heavy atom. The van der Waals surface area contributed by atoms with E-state index in [1.54, 1.807) is 20.8 Å². The third kappa shape index (κ3) is 5.78. The fraction of sp³-hybridized carbons (Fsp3) is 0.676. The average Bonchev–Trinajstić information content (AvgIpc) is 3.73. The lowest BCUT2D eigenvalue weighted by Gasteiger charge is -2.46. The number of carbonyl (C=O) groups excluding carboxylic acids is 5. The number of hydrogen-bond acceptors (Lipinski definition) is 7. The lowest BCUT2D eigenvalue weighted by Crippen LogP contribution is -2.65. The van der Waals surface area contributed by atoms with Crippen LogP contribution in [0.3, 0.4) is 0 Å². The molecule has 3 saturated carbocycles. The van der Waals surface area contributed by atoms with E-state index in [4.69, 9.17) is 15.2 Å². The first-order valence-electron chi connectivity index (χ1n) is 16.2. The zero-order valence-corrected chi connectivity index (χ0v) is 26.9. The van der Waals surface area contributed by atoms with Gasteiger partial charge in [-0.2, -0.15) is 0 Å². The van der Waals surface area contributed by atoms with Gasteiger partial charge < -0.3 is 25.8 Å². The summed E-state index contributed by atoms with van der Waals surface area (Å²) in [5.74, 6) is 2.28. The van der Waals surface area contributed by atoms with Crippen LogP contribution in [-0.2, 0) is 23.9 Å². The van der Waals surface area contributed by atoms with Crippen molar-refractivity contribution in [3.63, 3.8) is 0 Å². The zero-order valence-electron chi connectivity index (χ0n) is 26.9. The van der Waals surface area contributed by atoms with Crippen LogP contribution in [0.1, 0.15) is 60.8 Å². The maximum atomic E-state index is 12.0. The van der Waals surface area contributed by atoms with Gasteiger partial charge in [0.15, 0.2) is 0 Å². The normalized spacial score (nSPS) is 39.8. The van der Waals surface area contributed by atoms with E-state index in [0.717, 1.165) is 12.8 Å². The fourth-order valence-electron chi connectivity index (χ4n) is 8.62. The number of hydrogen-bond donors (Lipinski definition) is 3. The number of rotatable bonds is 2. The molecule has 0 unspecified atom stereocenters. The lowest BCUT2D eigenvalue weighted by atomic mass is 9.80. The van der Waals surface area contributed by atoms with Crippen LogP contribution >= 0.6 is 0 Å². The van der Waals surface area contributed by atoms with Gasteiger partial charge in [0.25, 0.3) is 0 Å². The van der Waals surface area contributed by atoms with E-state index in [0.29, 0.717) is 35.6 Å². The van der Waals surface area contributed by atoms with Crippen LogP contribution in [0.15, 0.2) is 36.5 Å². The number of carbonyl (C=O) groups is 5. The molecule has 11 nitrogen and oxygen atoms in total. The number of amides is 5. The summed E-state index contributed by atoms with van der Waals surface area (Å²) in [7, 11) is 0. The minimum absolute atomic E-state index is 0.0394. The van der Waals surface area contributed by atoms with E-state index in [-0.39, 0.29) is 53.5 Å². The van der Waals surface area contributed by atoms with Crippen LogP contribution in [0.4, 0.5) is 9.59 Å². The molecule has 11 heteroatoms. The highest BCUT2D eigenvalue weighted by Crippen LogP contribution is 2.53. The Hall–Kier alpha value is -3.63. The number of allylic oxidation sites excluding steroid dienone is 3. The first kappa shape index (κ1) is 31.4. The molecular formula is C34H46N4O7. The molecular weight excluding hydrogens is 576 g/mol. The van der Waals surface area contributed by atoms with E-state index >= 15 is 0 Å². The molecule has 6 aliphatic carbocycles. The Morgan fingerprint density at radius 2 is 1.31 bits per heavy atom. The van der Waals surface area contributed by atoms with E-state index < -0.39 is 23.4 Å². The van der Waals surface area contributed by atoms with Crippen LogP contribution in [0, 0.1) is 53.3 Å². The minimum atomic E-state index is -0.546. The Kier molecular flexibility index (Phi) is 7.68. The Labute approximate surface area is 264 Å².